The second-order valence-electron chi connectivity index (χ2n) is 5.51. The summed E-state index contributed by atoms with van der Waals surface area (Å²) in [5.74, 6) is 0.873. The van der Waals surface area contributed by atoms with E-state index in [0.29, 0.717) is 6.54 Å². The molecule has 1 fully saturated rings. The van der Waals surface area contributed by atoms with E-state index in [1.165, 1.54) is 5.56 Å². The summed E-state index contributed by atoms with van der Waals surface area (Å²) < 4.78 is 5.45. The fraction of sp³-hybridized carbons (Fsp3) is 0.353. The lowest BCUT2D eigenvalue weighted by Crippen LogP contribution is -2.39. The summed E-state index contributed by atoms with van der Waals surface area (Å²) in [5.41, 5.74) is 2.34. The first-order valence-corrected chi connectivity index (χ1v) is 7.37. The fourth-order valence-electron chi connectivity index (χ4n) is 2.77. The molecular weight excluding hydrogens is 264 g/mol. The van der Waals surface area contributed by atoms with Gasteiger partial charge in [0.25, 0.3) is 0 Å². The third-order valence-corrected chi connectivity index (χ3v) is 3.95. The van der Waals surface area contributed by atoms with Gasteiger partial charge < -0.3 is 14.6 Å². The molecule has 3 rings (SSSR count). The number of amides is 2. The normalized spacial score (nSPS) is 18.0. The molecule has 2 heterocycles. The number of hydrogen-bond donors (Lipinski definition) is 1. The number of carbonyl (C=O) groups excluding carboxylic acids is 1. The average Bonchev–Trinajstić information content (AvgIpc) is 3.16. The zero-order valence-corrected chi connectivity index (χ0v) is 12.2. The zero-order valence-electron chi connectivity index (χ0n) is 12.2. The maximum absolute atomic E-state index is 12.4. The van der Waals surface area contributed by atoms with E-state index in [4.69, 9.17) is 4.42 Å². The Morgan fingerprint density at radius 2 is 2.14 bits per heavy atom. The Labute approximate surface area is 124 Å². The van der Waals surface area contributed by atoms with Crippen LogP contribution >= 0.6 is 0 Å². The number of nitrogens with one attached hydrogen (secondary N) is 1. The first-order chi connectivity index (χ1) is 10.2. The molecule has 0 aliphatic carbocycles. The predicted molar refractivity (Wildman–Crippen MR) is 80.8 cm³/mol. The molecule has 1 N–H and O–H groups in total. The van der Waals surface area contributed by atoms with Crippen molar-refractivity contribution in [3.8, 4) is 0 Å². The molecule has 2 aromatic rings. The molecule has 1 aromatic carbocycles. The van der Waals surface area contributed by atoms with Crippen LogP contribution in [0.3, 0.4) is 0 Å². The van der Waals surface area contributed by atoms with Gasteiger partial charge >= 0.3 is 6.03 Å². The van der Waals surface area contributed by atoms with Crippen molar-refractivity contribution in [1.29, 1.82) is 0 Å². The first-order valence-electron chi connectivity index (χ1n) is 7.37. The van der Waals surface area contributed by atoms with E-state index in [-0.39, 0.29) is 12.1 Å². The van der Waals surface area contributed by atoms with Crippen LogP contribution in [0.5, 0.6) is 0 Å². The van der Waals surface area contributed by atoms with Crippen LogP contribution in [0, 0.1) is 6.92 Å². The minimum absolute atomic E-state index is 0.0190. The summed E-state index contributed by atoms with van der Waals surface area (Å²) in [5, 5.41) is 3.00. The highest BCUT2D eigenvalue weighted by Crippen LogP contribution is 2.31. The van der Waals surface area contributed by atoms with E-state index in [9.17, 15) is 4.79 Å². The highest BCUT2D eigenvalue weighted by molar-refractivity contribution is 5.75. The average molecular weight is 284 g/mol. The summed E-state index contributed by atoms with van der Waals surface area (Å²) in [6.45, 7) is 3.39. The third kappa shape index (κ3) is 3.10. The number of aryl methyl sites for hydroxylation is 1. The Bertz CT molecular complexity index is 590. The second-order valence-corrected chi connectivity index (χ2v) is 5.51. The topological polar surface area (TPSA) is 45.5 Å². The van der Waals surface area contributed by atoms with Crippen LogP contribution in [-0.2, 0) is 6.54 Å². The standard InChI is InChI=1S/C17H20N2O2/c1-13-6-8-14(9-7-13)12-18-17(20)19-10-2-4-15(19)16-5-3-11-21-16/h3,5-9,11,15H,2,4,10,12H2,1H3,(H,18,20)/t15-/m0/s1. The Morgan fingerprint density at radius 3 is 2.86 bits per heavy atom. The summed E-state index contributed by atoms with van der Waals surface area (Å²) in [7, 11) is 0. The van der Waals surface area contributed by atoms with Crippen LogP contribution in [0.25, 0.3) is 0 Å². The number of nitrogens with zero attached hydrogens (tertiary/aromatic N) is 1. The predicted octanol–water partition coefficient (Wildman–Crippen LogP) is 3.63. The SMILES string of the molecule is Cc1ccc(CNC(=O)N2CCC[C@H]2c2ccco2)cc1. The Kier molecular flexibility index (Phi) is 3.95. The minimum atomic E-state index is -0.0190. The summed E-state index contributed by atoms with van der Waals surface area (Å²) in [6.07, 6.45) is 3.64. The molecule has 0 radical (unpaired) electrons. The van der Waals surface area contributed by atoms with Crippen molar-refractivity contribution in [3.05, 3.63) is 59.5 Å². The quantitative estimate of drug-likeness (QED) is 0.935. The lowest BCUT2D eigenvalue weighted by atomic mass is 10.1. The molecule has 1 aliphatic heterocycles. The fourth-order valence-corrected chi connectivity index (χ4v) is 2.77. The Morgan fingerprint density at radius 1 is 1.33 bits per heavy atom. The molecule has 4 nitrogen and oxygen atoms in total. The number of hydrogen-bond acceptors (Lipinski definition) is 2. The number of furan rings is 1. The summed E-state index contributed by atoms with van der Waals surface area (Å²) in [4.78, 5) is 14.2. The van der Waals surface area contributed by atoms with E-state index < -0.39 is 0 Å². The Balaban J connectivity index is 1.61. The van der Waals surface area contributed by atoms with Crippen molar-refractivity contribution in [1.82, 2.24) is 10.2 Å². The molecule has 0 spiro atoms. The van der Waals surface area contributed by atoms with E-state index in [2.05, 4.69) is 24.4 Å². The summed E-state index contributed by atoms with van der Waals surface area (Å²) in [6, 6.07) is 12.1. The van der Waals surface area contributed by atoms with Gasteiger partial charge in [0.05, 0.1) is 12.3 Å². The molecule has 4 heteroatoms. The molecule has 1 atom stereocenters. The number of carbonyl (C=O) groups is 1. The molecule has 0 unspecified atom stereocenters. The van der Waals surface area contributed by atoms with Crippen LogP contribution in [0.1, 0.15) is 35.8 Å². The summed E-state index contributed by atoms with van der Waals surface area (Å²) >= 11 is 0. The van der Waals surface area contributed by atoms with Gasteiger partial charge in [0, 0.05) is 13.1 Å². The van der Waals surface area contributed by atoms with Crippen LogP contribution in [0.2, 0.25) is 0 Å². The van der Waals surface area contributed by atoms with Gasteiger partial charge in [-0.2, -0.15) is 0 Å². The van der Waals surface area contributed by atoms with Gasteiger partial charge in [-0.15, -0.1) is 0 Å². The smallest absolute Gasteiger partial charge is 0.318 e. The molecule has 21 heavy (non-hydrogen) atoms. The first kappa shape index (κ1) is 13.7. The van der Waals surface area contributed by atoms with Gasteiger partial charge in [0.2, 0.25) is 0 Å². The van der Waals surface area contributed by atoms with E-state index >= 15 is 0 Å². The second kappa shape index (κ2) is 6.04. The van der Waals surface area contributed by atoms with Crippen molar-refractivity contribution in [2.45, 2.75) is 32.4 Å². The highest BCUT2D eigenvalue weighted by atomic mass is 16.3. The molecule has 2 amide bonds. The lowest BCUT2D eigenvalue weighted by molar-refractivity contribution is 0.186. The van der Waals surface area contributed by atoms with E-state index in [1.54, 1.807) is 6.26 Å². The van der Waals surface area contributed by atoms with Crippen molar-refractivity contribution < 1.29 is 9.21 Å². The number of benzene rings is 1. The molecule has 1 aromatic heterocycles. The van der Waals surface area contributed by atoms with Crippen LogP contribution < -0.4 is 5.32 Å². The van der Waals surface area contributed by atoms with E-state index in [1.807, 2.05) is 29.2 Å². The van der Waals surface area contributed by atoms with Crippen molar-refractivity contribution in [2.75, 3.05) is 6.54 Å². The maximum Gasteiger partial charge on any atom is 0.318 e. The molecular formula is C17H20N2O2. The Hall–Kier alpha value is -2.23. The van der Waals surface area contributed by atoms with Crippen molar-refractivity contribution in [2.24, 2.45) is 0 Å². The maximum atomic E-state index is 12.4. The van der Waals surface area contributed by atoms with Crippen LogP contribution in [0.4, 0.5) is 4.79 Å². The number of urea groups is 1. The largest absolute Gasteiger partial charge is 0.467 e. The van der Waals surface area contributed by atoms with Gasteiger partial charge in [-0.1, -0.05) is 29.8 Å². The molecule has 1 aliphatic rings. The highest BCUT2D eigenvalue weighted by Gasteiger charge is 2.31. The van der Waals surface area contributed by atoms with Crippen molar-refractivity contribution in [3.63, 3.8) is 0 Å². The number of likely N-dealkylation sites (tertiary alicyclic amines) is 1. The van der Waals surface area contributed by atoms with Crippen LogP contribution in [0.15, 0.2) is 47.1 Å². The zero-order chi connectivity index (χ0) is 14.7. The van der Waals surface area contributed by atoms with E-state index in [0.717, 1.165) is 30.7 Å². The third-order valence-electron chi connectivity index (χ3n) is 3.95. The molecule has 0 saturated carbocycles. The van der Waals surface area contributed by atoms with Gasteiger partial charge in [0.15, 0.2) is 0 Å². The van der Waals surface area contributed by atoms with Gasteiger partial charge in [-0.25, -0.2) is 4.79 Å². The monoisotopic (exact) mass is 284 g/mol. The van der Waals surface area contributed by atoms with Crippen LogP contribution in [-0.4, -0.2) is 17.5 Å². The minimum Gasteiger partial charge on any atom is -0.467 e. The number of rotatable bonds is 3. The van der Waals surface area contributed by atoms with Gasteiger partial charge in [-0.05, 0) is 37.5 Å². The van der Waals surface area contributed by atoms with Gasteiger partial charge in [-0.3, -0.25) is 0 Å². The molecule has 110 valence electrons. The lowest BCUT2D eigenvalue weighted by Gasteiger charge is -2.23. The van der Waals surface area contributed by atoms with Gasteiger partial charge in [0.1, 0.15) is 5.76 Å². The molecule has 0 bridgehead atoms. The van der Waals surface area contributed by atoms with Crippen molar-refractivity contribution >= 4 is 6.03 Å². The molecule has 1 saturated heterocycles.